The van der Waals surface area contributed by atoms with Crippen molar-refractivity contribution < 1.29 is 12.8 Å². The standard InChI is InChI=1S/C12H16BrFN2O2S.ClH/c1-15-8-10-3-2-6-16(10)19(17,18)12-5-4-9(14)7-11(12)13;/h4-5,7,10,15H,2-3,6,8H2,1H3;1H. The van der Waals surface area contributed by atoms with E-state index in [1.807, 2.05) is 0 Å². The second kappa shape index (κ2) is 7.17. The molecule has 1 heterocycles. The van der Waals surface area contributed by atoms with Gasteiger partial charge in [0.1, 0.15) is 5.82 Å². The van der Waals surface area contributed by atoms with Gasteiger partial charge < -0.3 is 5.32 Å². The average molecular weight is 388 g/mol. The SMILES string of the molecule is CNCC1CCCN1S(=O)(=O)c1ccc(F)cc1Br.Cl. The van der Waals surface area contributed by atoms with Crippen LogP contribution in [0.5, 0.6) is 0 Å². The number of likely N-dealkylation sites (N-methyl/N-ethyl adjacent to an activating group) is 1. The van der Waals surface area contributed by atoms with Crippen LogP contribution in [0.1, 0.15) is 12.8 Å². The molecule has 1 aliphatic heterocycles. The molecule has 0 aliphatic carbocycles. The van der Waals surface area contributed by atoms with Crippen molar-refractivity contribution in [3.05, 3.63) is 28.5 Å². The number of nitrogens with zero attached hydrogens (tertiary/aromatic N) is 1. The number of hydrogen-bond acceptors (Lipinski definition) is 3. The Kier molecular flexibility index (Phi) is 6.40. The van der Waals surface area contributed by atoms with Crippen LogP contribution in [0.4, 0.5) is 4.39 Å². The monoisotopic (exact) mass is 386 g/mol. The molecule has 0 bridgehead atoms. The molecular weight excluding hydrogens is 371 g/mol. The Morgan fingerprint density at radius 2 is 2.20 bits per heavy atom. The zero-order valence-corrected chi connectivity index (χ0v) is 14.2. The summed E-state index contributed by atoms with van der Waals surface area (Å²) in [5.41, 5.74) is 0. The van der Waals surface area contributed by atoms with Gasteiger partial charge in [0.15, 0.2) is 0 Å². The maximum absolute atomic E-state index is 13.1. The maximum atomic E-state index is 13.1. The highest BCUT2D eigenvalue weighted by atomic mass is 79.9. The van der Waals surface area contributed by atoms with Gasteiger partial charge >= 0.3 is 0 Å². The van der Waals surface area contributed by atoms with E-state index in [0.717, 1.165) is 12.8 Å². The van der Waals surface area contributed by atoms with Crippen molar-refractivity contribution in [2.24, 2.45) is 0 Å². The number of nitrogens with one attached hydrogen (secondary N) is 1. The molecule has 114 valence electrons. The van der Waals surface area contributed by atoms with Crippen LogP contribution >= 0.6 is 28.3 Å². The zero-order valence-electron chi connectivity index (χ0n) is 11.0. The molecule has 1 aromatic carbocycles. The first kappa shape index (κ1) is 17.8. The van der Waals surface area contributed by atoms with Gasteiger partial charge in [0.05, 0.1) is 4.90 Å². The summed E-state index contributed by atoms with van der Waals surface area (Å²) in [5, 5.41) is 3.01. The normalized spacial score (nSPS) is 19.9. The minimum Gasteiger partial charge on any atom is -0.318 e. The van der Waals surface area contributed by atoms with E-state index < -0.39 is 15.8 Å². The van der Waals surface area contributed by atoms with Crippen molar-refractivity contribution in [1.82, 2.24) is 9.62 Å². The first-order chi connectivity index (χ1) is 8.96. The summed E-state index contributed by atoms with van der Waals surface area (Å²) in [7, 11) is -1.78. The van der Waals surface area contributed by atoms with Gasteiger partial charge in [0, 0.05) is 23.6 Å². The minimum atomic E-state index is -3.58. The lowest BCUT2D eigenvalue weighted by atomic mass is 10.2. The summed E-state index contributed by atoms with van der Waals surface area (Å²) >= 11 is 3.13. The van der Waals surface area contributed by atoms with Gasteiger partial charge in [-0.1, -0.05) is 0 Å². The lowest BCUT2D eigenvalue weighted by molar-refractivity contribution is 0.379. The molecule has 1 aromatic rings. The van der Waals surface area contributed by atoms with Crippen LogP contribution in [0.15, 0.2) is 27.6 Å². The Morgan fingerprint density at radius 1 is 1.50 bits per heavy atom. The third-order valence-corrected chi connectivity index (χ3v) is 6.17. The lowest BCUT2D eigenvalue weighted by Gasteiger charge is -2.24. The van der Waals surface area contributed by atoms with E-state index in [-0.39, 0.29) is 27.8 Å². The topological polar surface area (TPSA) is 49.4 Å². The molecule has 1 saturated heterocycles. The highest BCUT2D eigenvalue weighted by Gasteiger charge is 2.35. The Morgan fingerprint density at radius 3 is 2.80 bits per heavy atom. The number of sulfonamides is 1. The summed E-state index contributed by atoms with van der Waals surface area (Å²) in [6.45, 7) is 1.14. The number of halogens is 3. The molecule has 1 N–H and O–H groups in total. The maximum Gasteiger partial charge on any atom is 0.244 e. The van der Waals surface area contributed by atoms with Crippen molar-refractivity contribution in [1.29, 1.82) is 0 Å². The number of hydrogen-bond donors (Lipinski definition) is 1. The van der Waals surface area contributed by atoms with Crippen LogP contribution in [0.25, 0.3) is 0 Å². The third-order valence-electron chi connectivity index (χ3n) is 3.24. The summed E-state index contributed by atoms with van der Waals surface area (Å²) in [5.74, 6) is -0.459. The van der Waals surface area contributed by atoms with Crippen molar-refractivity contribution in [3.8, 4) is 0 Å². The molecule has 0 saturated carbocycles. The lowest BCUT2D eigenvalue weighted by Crippen LogP contribution is -2.40. The van der Waals surface area contributed by atoms with Crippen LogP contribution in [-0.4, -0.2) is 38.9 Å². The molecule has 1 atom stereocenters. The smallest absolute Gasteiger partial charge is 0.244 e. The van der Waals surface area contributed by atoms with Crippen LogP contribution in [0, 0.1) is 5.82 Å². The van der Waals surface area contributed by atoms with Gasteiger partial charge in [-0.05, 0) is 54.0 Å². The minimum absolute atomic E-state index is 0. The predicted molar refractivity (Wildman–Crippen MR) is 82.2 cm³/mol. The van der Waals surface area contributed by atoms with E-state index in [4.69, 9.17) is 0 Å². The number of benzene rings is 1. The van der Waals surface area contributed by atoms with E-state index >= 15 is 0 Å². The van der Waals surface area contributed by atoms with Gasteiger partial charge in [0.2, 0.25) is 10.0 Å². The third kappa shape index (κ3) is 3.51. The quantitative estimate of drug-likeness (QED) is 0.863. The summed E-state index contributed by atoms with van der Waals surface area (Å²) in [6.07, 6.45) is 1.70. The molecule has 8 heteroatoms. The molecule has 0 aromatic heterocycles. The van der Waals surface area contributed by atoms with E-state index in [0.29, 0.717) is 13.1 Å². The van der Waals surface area contributed by atoms with Crippen molar-refractivity contribution >= 4 is 38.4 Å². The predicted octanol–water partition coefficient (Wildman–Crippen LogP) is 2.38. The van der Waals surface area contributed by atoms with Crippen LogP contribution in [0.2, 0.25) is 0 Å². The van der Waals surface area contributed by atoms with Gasteiger partial charge in [-0.15, -0.1) is 12.4 Å². The average Bonchev–Trinajstić information content (AvgIpc) is 2.78. The van der Waals surface area contributed by atoms with Gasteiger partial charge in [0.25, 0.3) is 0 Å². The summed E-state index contributed by atoms with van der Waals surface area (Å²) in [4.78, 5) is 0.122. The fraction of sp³-hybridized carbons (Fsp3) is 0.500. The summed E-state index contributed by atoms with van der Waals surface area (Å²) < 4.78 is 40.0. The van der Waals surface area contributed by atoms with E-state index in [9.17, 15) is 12.8 Å². The van der Waals surface area contributed by atoms with E-state index in [1.54, 1.807) is 7.05 Å². The van der Waals surface area contributed by atoms with Crippen molar-refractivity contribution in [2.45, 2.75) is 23.8 Å². The highest BCUT2D eigenvalue weighted by molar-refractivity contribution is 9.10. The zero-order chi connectivity index (χ0) is 14.0. The molecule has 0 spiro atoms. The second-order valence-electron chi connectivity index (χ2n) is 4.54. The largest absolute Gasteiger partial charge is 0.318 e. The Balaban J connectivity index is 0.00000200. The number of rotatable bonds is 4. The fourth-order valence-electron chi connectivity index (χ4n) is 2.38. The van der Waals surface area contributed by atoms with E-state index in [1.165, 1.54) is 22.5 Å². The molecule has 20 heavy (non-hydrogen) atoms. The molecule has 0 amide bonds. The Bertz CT molecular complexity index is 571. The molecule has 1 fully saturated rings. The molecule has 4 nitrogen and oxygen atoms in total. The van der Waals surface area contributed by atoms with Gasteiger partial charge in [-0.2, -0.15) is 4.31 Å². The van der Waals surface area contributed by atoms with Gasteiger partial charge in [-0.25, -0.2) is 12.8 Å². The van der Waals surface area contributed by atoms with Crippen LogP contribution < -0.4 is 5.32 Å². The molecule has 1 unspecified atom stereocenters. The van der Waals surface area contributed by atoms with Crippen LogP contribution in [0.3, 0.4) is 0 Å². The second-order valence-corrected chi connectivity index (χ2v) is 7.26. The fourth-order valence-corrected chi connectivity index (χ4v) is 5.08. The highest BCUT2D eigenvalue weighted by Crippen LogP contribution is 2.30. The summed E-state index contributed by atoms with van der Waals surface area (Å²) in [6, 6.07) is 3.62. The van der Waals surface area contributed by atoms with E-state index in [2.05, 4.69) is 21.2 Å². The molecule has 1 aliphatic rings. The molecular formula is C12H17BrClFN2O2S. The Hall–Kier alpha value is -0.210. The molecule has 2 rings (SSSR count). The van der Waals surface area contributed by atoms with Crippen molar-refractivity contribution in [2.75, 3.05) is 20.1 Å². The first-order valence-electron chi connectivity index (χ1n) is 6.08. The van der Waals surface area contributed by atoms with Crippen LogP contribution in [-0.2, 0) is 10.0 Å². The first-order valence-corrected chi connectivity index (χ1v) is 8.31. The molecule has 0 radical (unpaired) electrons. The van der Waals surface area contributed by atoms with Crippen molar-refractivity contribution in [3.63, 3.8) is 0 Å². The van der Waals surface area contributed by atoms with Gasteiger partial charge in [-0.3, -0.25) is 0 Å². The Labute approximate surface area is 133 Å².